The molecule has 0 unspecified atom stereocenters. The van der Waals surface area contributed by atoms with Crippen LogP contribution in [0.25, 0.3) is 0 Å². The Hall–Kier alpha value is -1.48. The molecule has 1 saturated heterocycles. The van der Waals surface area contributed by atoms with E-state index in [1.807, 2.05) is 16.8 Å². The lowest BCUT2D eigenvalue weighted by Crippen LogP contribution is -2.30. The van der Waals surface area contributed by atoms with E-state index in [0.717, 1.165) is 5.56 Å². The second-order valence-electron chi connectivity index (χ2n) is 6.13. The lowest BCUT2D eigenvalue weighted by molar-refractivity contribution is 0.223. The molecule has 1 aromatic heterocycles. The topological polar surface area (TPSA) is 66.8 Å². The second-order valence-corrected chi connectivity index (χ2v) is 8.82. The van der Waals surface area contributed by atoms with Crippen molar-refractivity contribution in [1.82, 2.24) is 4.31 Å². The molecule has 0 saturated carbocycles. The number of ether oxygens (including phenoxy) is 1. The van der Waals surface area contributed by atoms with Crippen LogP contribution in [0.5, 0.6) is 5.75 Å². The van der Waals surface area contributed by atoms with Gasteiger partial charge in [-0.1, -0.05) is 0 Å². The molecule has 136 valence electrons. The van der Waals surface area contributed by atoms with Crippen LogP contribution < -0.4 is 4.74 Å². The molecule has 0 amide bonds. The van der Waals surface area contributed by atoms with E-state index in [0.29, 0.717) is 0 Å². The minimum absolute atomic E-state index is 0.0160. The highest BCUT2D eigenvalue weighted by Gasteiger charge is 2.40. The summed E-state index contributed by atoms with van der Waals surface area (Å²) in [5.74, 6) is -0.889. The van der Waals surface area contributed by atoms with Gasteiger partial charge in [0, 0.05) is 37.1 Å². The van der Waals surface area contributed by atoms with Crippen molar-refractivity contribution in [1.29, 1.82) is 0 Å². The molecule has 1 N–H and O–H groups in total. The van der Waals surface area contributed by atoms with Crippen LogP contribution in [0.3, 0.4) is 0 Å². The van der Waals surface area contributed by atoms with Crippen LogP contribution in [0.4, 0.5) is 4.39 Å². The number of rotatable bonds is 5. The van der Waals surface area contributed by atoms with Crippen molar-refractivity contribution in [2.45, 2.75) is 17.7 Å². The molecule has 2 aromatic rings. The lowest BCUT2D eigenvalue weighted by Gasteiger charge is -2.19. The van der Waals surface area contributed by atoms with Gasteiger partial charge in [0.15, 0.2) is 11.6 Å². The van der Waals surface area contributed by atoms with Crippen molar-refractivity contribution >= 4 is 21.4 Å². The van der Waals surface area contributed by atoms with Crippen LogP contribution in [0.1, 0.15) is 17.0 Å². The van der Waals surface area contributed by atoms with Crippen molar-refractivity contribution in [2.75, 3.05) is 26.8 Å². The molecule has 0 bridgehead atoms. The number of hydrogen-bond acceptors (Lipinski definition) is 5. The van der Waals surface area contributed by atoms with E-state index in [1.54, 1.807) is 0 Å². The van der Waals surface area contributed by atoms with Crippen molar-refractivity contribution in [2.24, 2.45) is 5.92 Å². The highest BCUT2D eigenvalue weighted by Crippen LogP contribution is 2.37. The first-order valence-electron chi connectivity index (χ1n) is 7.86. The molecule has 1 aliphatic heterocycles. The van der Waals surface area contributed by atoms with Gasteiger partial charge in [0.2, 0.25) is 10.0 Å². The van der Waals surface area contributed by atoms with Gasteiger partial charge in [0.25, 0.3) is 0 Å². The van der Waals surface area contributed by atoms with Crippen LogP contribution in [-0.4, -0.2) is 44.6 Å². The summed E-state index contributed by atoms with van der Waals surface area (Å²) in [6, 6.07) is 4.65. The van der Waals surface area contributed by atoms with Gasteiger partial charge in [0.05, 0.1) is 12.0 Å². The summed E-state index contributed by atoms with van der Waals surface area (Å²) in [6.45, 7) is 1.83. The Labute approximate surface area is 150 Å². The van der Waals surface area contributed by atoms with E-state index in [2.05, 4.69) is 0 Å². The number of sulfonamides is 1. The van der Waals surface area contributed by atoms with Gasteiger partial charge >= 0.3 is 0 Å². The number of hydrogen-bond donors (Lipinski definition) is 1. The zero-order chi connectivity index (χ0) is 18.2. The average molecular weight is 385 g/mol. The fraction of sp³-hybridized carbons (Fsp3) is 0.412. The maximum absolute atomic E-state index is 14.3. The number of aliphatic hydroxyl groups is 1. The van der Waals surface area contributed by atoms with Crippen molar-refractivity contribution in [3.05, 3.63) is 45.9 Å². The Morgan fingerprint density at radius 1 is 1.36 bits per heavy atom. The molecule has 1 aliphatic rings. The maximum atomic E-state index is 14.3. The zero-order valence-electron chi connectivity index (χ0n) is 14.0. The lowest BCUT2D eigenvalue weighted by atomic mass is 9.92. The Kier molecular flexibility index (Phi) is 5.15. The number of methoxy groups -OCH3 is 1. The van der Waals surface area contributed by atoms with Crippen LogP contribution >= 0.6 is 11.3 Å². The van der Waals surface area contributed by atoms with Crippen molar-refractivity contribution < 1.29 is 22.7 Å². The molecule has 5 nitrogen and oxygen atoms in total. The summed E-state index contributed by atoms with van der Waals surface area (Å²) in [5, 5.41) is 13.6. The van der Waals surface area contributed by atoms with Gasteiger partial charge in [-0.15, -0.1) is 0 Å². The first kappa shape index (κ1) is 18.3. The Morgan fingerprint density at radius 2 is 2.12 bits per heavy atom. The van der Waals surface area contributed by atoms with Crippen molar-refractivity contribution in [3.8, 4) is 5.75 Å². The van der Waals surface area contributed by atoms with Crippen molar-refractivity contribution in [3.63, 3.8) is 0 Å². The molecule has 0 radical (unpaired) electrons. The van der Waals surface area contributed by atoms with Gasteiger partial charge < -0.3 is 9.84 Å². The fourth-order valence-electron chi connectivity index (χ4n) is 3.30. The van der Waals surface area contributed by atoms with Gasteiger partial charge in [0.1, 0.15) is 0 Å². The van der Waals surface area contributed by atoms with Crippen LogP contribution in [-0.2, 0) is 10.0 Å². The predicted molar refractivity (Wildman–Crippen MR) is 94.1 cm³/mol. The Balaban J connectivity index is 1.95. The normalized spacial score (nSPS) is 21.6. The average Bonchev–Trinajstić information content (AvgIpc) is 3.25. The number of aliphatic hydroxyl groups excluding tert-OH is 1. The molecule has 8 heteroatoms. The van der Waals surface area contributed by atoms with E-state index >= 15 is 0 Å². The molecule has 2 atom stereocenters. The highest BCUT2D eigenvalue weighted by atomic mass is 32.2. The Bertz CT molecular complexity index is 852. The number of thiophene rings is 1. The Morgan fingerprint density at radius 3 is 2.72 bits per heavy atom. The predicted octanol–water partition coefficient (Wildman–Crippen LogP) is 2.60. The smallest absolute Gasteiger partial charge is 0.243 e. The van der Waals surface area contributed by atoms with Crippen LogP contribution in [0.15, 0.2) is 33.9 Å². The molecule has 0 aliphatic carbocycles. The number of nitrogens with zero attached hydrogens (tertiary/aromatic N) is 1. The molecule has 3 rings (SSSR count). The van der Waals surface area contributed by atoms with E-state index in [1.165, 1.54) is 41.8 Å². The third kappa shape index (κ3) is 3.19. The summed E-state index contributed by atoms with van der Waals surface area (Å²) >= 11 is 1.54. The van der Waals surface area contributed by atoms with E-state index in [4.69, 9.17) is 4.74 Å². The van der Waals surface area contributed by atoms with E-state index in [-0.39, 0.29) is 47.7 Å². The summed E-state index contributed by atoms with van der Waals surface area (Å²) in [4.78, 5) is -0.0616. The minimum atomic E-state index is -3.85. The number of halogens is 1. The molecule has 2 heterocycles. The third-order valence-corrected chi connectivity index (χ3v) is 7.43. The molecular formula is C17H20FNO4S2. The molecule has 0 spiro atoms. The summed E-state index contributed by atoms with van der Waals surface area (Å²) in [7, 11) is -2.52. The molecule has 1 aromatic carbocycles. The molecular weight excluding hydrogens is 365 g/mol. The fourth-order valence-corrected chi connectivity index (χ4v) is 5.76. The molecule has 25 heavy (non-hydrogen) atoms. The number of benzene rings is 1. The SMILES string of the molecule is COc1ccc(S(=O)(=O)N2C[C@H](CO)[C@@H](c3ccsc3)C2)c(C)c1F. The summed E-state index contributed by atoms with van der Waals surface area (Å²) in [5.41, 5.74) is 1.07. The van der Waals surface area contributed by atoms with E-state index < -0.39 is 15.8 Å². The first-order valence-corrected chi connectivity index (χ1v) is 10.2. The van der Waals surface area contributed by atoms with Gasteiger partial charge in [-0.25, -0.2) is 12.8 Å². The maximum Gasteiger partial charge on any atom is 0.243 e. The second kappa shape index (κ2) is 7.03. The molecule has 1 fully saturated rings. The summed E-state index contributed by atoms with van der Waals surface area (Å²) < 4.78 is 46.6. The van der Waals surface area contributed by atoms with E-state index in [9.17, 15) is 17.9 Å². The van der Waals surface area contributed by atoms with Gasteiger partial charge in [-0.05, 0) is 41.4 Å². The van der Waals surface area contributed by atoms with Crippen LogP contribution in [0.2, 0.25) is 0 Å². The minimum Gasteiger partial charge on any atom is -0.494 e. The quantitative estimate of drug-likeness (QED) is 0.859. The van der Waals surface area contributed by atoms with Crippen LogP contribution in [0, 0.1) is 18.7 Å². The third-order valence-electron chi connectivity index (χ3n) is 4.75. The largest absolute Gasteiger partial charge is 0.494 e. The monoisotopic (exact) mass is 385 g/mol. The van der Waals surface area contributed by atoms with Gasteiger partial charge in [-0.3, -0.25) is 0 Å². The van der Waals surface area contributed by atoms with Gasteiger partial charge in [-0.2, -0.15) is 15.6 Å². The highest BCUT2D eigenvalue weighted by molar-refractivity contribution is 7.89. The standard InChI is InChI=1S/C17H20FNO4S2/c1-11-16(4-3-15(23-2)17(11)18)25(21,22)19-7-13(9-20)14(8-19)12-5-6-24-10-12/h3-6,10,13-14,20H,7-9H2,1-2H3/t13-,14-/m1/s1. The zero-order valence-corrected chi connectivity index (χ0v) is 15.6. The first-order chi connectivity index (χ1) is 11.9. The summed E-state index contributed by atoms with van der Waals surface area (Å²) in [6.07, 6.45) is 0.